The normalized spacial score (nSPS) is 16.9. The highest BCUT2D eigenvalue weighted by Crippen LogP contribution is 2.35. The van der Waals surface area contributed by atoms with Gasteiger partial charge in [0, 0.05) is 77.4 Å². The molecule has 1 saturated heterocycles. The van der Waals surface area contributed by atoms with E-state index >= 15 is 0 Å². The van der Waals surface area contributed by atoms with E-state index in [2.05, 4.69) is 90.3 Å². The van der Waals surface area contributed by atoms with Gasteiger partial charge in [-0.05, 0) is 56.1 Å². The van der Waals surface area contributed by atoms with Crippen LogP contribution in [0, 0.1) is 5.92 Å². The molecule has 0 unspecified atom stereocenters. The molecule has 0 atom stereocenters. The molecule has 2 aliphatic rings. The maximum atomic E-state index is 4.67. The molecule has 8 nitrogen and oxygen atoms in total. The average molecular weight is 519 g/mol. The number of benzene rings is 1. The number of anilines is 2. The summed E-state index contributed by atoms with van der Waals surface area (Å²) in [6.45, 7) is 8.52. The Morgan fingerprint density at radius 3 is 2.64 bits per heavy atom. The molecule has 1 saturated carbocycles. The van der Waals surface area contributed by atoms with Crippen molar-refractivity contribution in [2.45, 2.75) is 25.7 Å². The standard InChI is InChI=1S/C31H34N8/c1-20(21-6-3-4-7-21)34-24-14-22(17-32-19-24)23-15-26-30(36-37-31(26)33-18-23)28-16-25-27(35-28)8-5-9-29(25)39-12-10-38(2)11-13-39/h5,8-9,14-19,21,34-35H,1,3-4,6-7,10-13H2,2H3,(H,33,36,37). The molecular formula is C31H34N8. The average Bonchev–Trinajstić information content (AvgIpc) is 3.73. The zero-order valence-electron chi connectivity index (χ0n) is 22.4. The number of pyridine rings is 2. The molecule has 2 fully saturated rings. The Balaban J connectivity index is 1.21. The van der Waals surface area contributed by atoms with E-state index < -0.39 is 0 Å². The van der Waals surface area contributed by atoms with Gasteiger partial charge in [0.25, 0.3) is 0 Å². The van der Waals surface area contributed by atoms with Crippen molar-refractivity contribution in [3.8, 4) is 22.5 Å². The summed E-state index contributed by atoms with van der Waals surface area (Å²) in [6.07, 6.45) is 10.6. The summed E-state index contributed by atoms with van der Waals surface area (Å²) in [5.74, 6) is 0.549. The maximum absolute atomic E-state index is 4.67. The predicted molar refractivity (Wildman–Crippen MR) is 159 cm³/mol. The number of hydrogen-bond acceptors (Lipinski definition) is 6. The molecule has 8 heteroatoms. The van der Waals surface area contributed by atoms with E-state index in [9.17, 15) is 0 Å². The van der Waals surface area contributed by atoms with Crippen molar-refractivity contribution in [2.24, 2.45) is 5.92 Å². The Hall–Kier alpha value is -4.17. The van der Waals surface area contributed by atoms with E-state index in [1.165, 1.54) is 36.8 Å². The van der Waals surface area contributed by atoms with Crippen molar-refractivity contribution < 1.29 is 0 Å². The molecule has 5 heterocycles. The van der Waals surface area contributed by atoms with Gasteiger partial charge in [-0.1, -0.05) is 25.5 Å². The summed E-state index contributed by atoms with van der Waals surface area (Å²) in [7, 11) is 2.19. The number of hydrogen-bond donors (Lipinski definition) is 3. The van der Waals surface area contributed by atoms with Crippen LogP contribution in [0.3, 0.4) is 0 Å². The zero-order valence-corrected chi connectivity index (χ0v) is 22.4. The van der Waals surface area contributed by atoms with Crippen LogP contribution < -0.4 is 10.2 Å². The van der Waals surface area contributed by atoms with E-state index in [1.807, 2.05) is 18.6 Å². The lowest BCUT2D eigenvalue weighted by Crippen LogP contribution is -2.44. The summed E-state index contributed by atoms with van der Waals surface area (Å²) in [5.41, 5.74) is 9.11. The Morgan fingerprint density at radius 1 is 0.974 bits per heavy atom. The monoisotopic (exact) mass is 518 g/mol. The van der Waals surface area contributed by atoms with Crippen LogP contribution in [0.4, 0.5) is 11.4 Å². The Labute approximate surface area is 228 Å². The van der Waals surface area contributed by atoms with Gasteiger partial charge in [-0.25, -0.2) is 4.98 Å². The van der Waals surface area contributed by atoms with Gasteiger partial charge in [-0.3, -0.25) is 10.1 Å². The topological polar surface area (TPSA) is 88.8 Å². The fraction of sp³-hybridized carbons (Fsp3) is 0.323. The molecule has 1 aliphatic heterocycles. The van der Waals surface area contributed by atoms with Crippen LogP contribution in [-0.2, 0) is 0 Å². The van der Waals surface area contributed by atoms with Gasteiger partial charge in [0.15, 0.2) is 5.65 Å². The van der Waals surface area contributed by atoms with Crippen molar-refractivity contribution in [3.63, 3.8) is 0 Å². The van der Waals surface area contributed by atoms with Crippen molar-refractivity contribution in [2.75, 3.05) is 43.4 Å². The Morgan fingerprint density at radius 2 is 1.79 bits per heavy atom. The Bertz CT molecular complexity index is 1650. The van der Waals surface area contributed by atoms with Gasteiger partial charge in [-0.2, -0.15) is 5.10 Å². The first-order valence-electron chi connectivity index (χ1n) is 13.9. The lowest BCUT2D eigenvalue weighted by Gasteiger charge is -2.34. The fourth-order valence-electron chi connectivity index (χ4n) is 6.09. The van der Waals surface area contributed by atoms with E-state index in [4.69, 9.17) is 0 Å². The zero-order chi connectivity index (χ0) is 26.3. The number of nitrogens with zero attached hydrogens (tertiary/aromatic N) is 5. The second-order valence-corrected chi connectivity index (χ2v) is 11.0. The maximum Gasteiger partial charge on any atom is 0.181 e. The SMILES string of the molecule is C=C(Nc1cncc(-c2cnc3n[nH]c(-c4cc5c(N6CCN(C)CC6)cccc5[nH]4)c3c2)c1)C1CCCC1. The lowest BCUT2D eigenvalue weighted by molar-refractivity contribution is 0.313. The molecule has 198 valence electrons. The third-order valence-electron chi connectivity index (χ3n) is 8.39. The highest BCUT2D eigenvalue weighted by atomic mass is 15.2. The summed E-state index contributed by atoms with van der Waals surface area (Å²) in [5, 5.41) is 13.5. The fourth-order valence-corrected chi connectivity index (χ4v) is 6.09. The Kier molecular flexibility index (Phi) is 6.04. The lowest BCUT2D eigenvalue weighted by atomic mass is 10.0. The number of fused-ring (bicyclic) bond motifs is 2. The molecule has 0 radical (unpaired) electrons. The van der Waals surface area contributed by atoms with Gasteiger partial charge in [0.2, 0.25) is 0 Å². The number of aromatic amines is 2. The highest BCUT2D eigenvalue weighted by Gasteiger charge is 2.20. The summed E-state index contributed by atoms with van der Waals surface area (Å²) in [4.78, 5) is 17.7. The van der Waals surface area contributed by atoms with Crippen LogP contribution in [0.1, 0.15) is 25.7 Å². The number of piperazine rings is 1. The van der Waals surface area contributed by atoms with E-state index in [0.717, 1.165) is 71.0 Å². The molecule has 5 aromatic rings. The van der Waals surface area contributed by atoms with Crippen LogP contribution in [0.2, 0.25) is 0 Å². The number of aromatic nitrogens is 5. The molecule has 1 aromatic carbocycles. The smallest absolute Gasteiger partial charge is 0.181 e. The highest BCUT2D eigenvalue weighted by molar-refractivity contribution is 6.00. The van der Waals surface area contributed by atoms with Crippen molar-refractivity contribution in [1.29, 1.82) is 0 Å². The van der Waals surface area contributed by atoms with Crippen molar-refractivity contribution >= 4 is 33.3 Å². The number of allylic oxidation sites excluding steroid dienone is 1. The van der Waals surface area contributed by atoms with Gasteiger partial charge >= 0.3 is 0 Å². The third-order valence-corrected chi connectivity index (χ3v) is 8.39. The van der Waals surface area contributed by atoms with Crippen LogP contribution in [0.15, 0.2) is 67.3 Å². The molecule has 1 aliphatic carbocycles. The van der Waals surface area contributed by atoms with Crippen LogP contribution >= 0.6 is 0 Å². The molecule has 0 amide bonds. The minimum Gasteiger partial charge on any atom is -0.368 e. The van der Waals surface area contributed by atoms with E-state index in [-0.39, 0.29) is 0 Å². The van der Waals surface area contributed by atoms with E-state index in [0.29, 0.717) is 11.6 Å². The molecule has 4 aromatic heterocycles. The van der Waals surface area contributed by atoms with Gasteiger partial charge in [0.1, 0.15) is 0 Å². The summed E-state index contributed by atoms with van der Waals surface area (Å²) >= 11 is 0. The van der Waals surface area contributed by atoms with E-state index in [1.54, 1.807) is 0 Å². The second-order valence-electron chi connectivity index (χ2n) is 11.0. The predicted octanol–water partition coefficient (Wildman–Crippen LogP) is 6.04. The van der Waals surface area contributed by atoms with Crippen molar-refractivity contribution in [3.05, 3.63) is 67.3 Å². The third kappa shape index (κ3) is 4.55. The van der Waals surface area contributed by atoms with Crippen LogP contribution in [-0.4, -0.2) is 63.3 Å². The van der Waals surface area contributed by atoms with Crippen LogP contribution in [0.5, 0.6) is 0 Å². The second kappa shape index (κ2) is 9.85. The first-order chi connectivity index (χ1) is 19.1. The molecule has 0 spiro atoms. The first kappa shape index (κ1) is 23.9. The minimum absolute atomic E-state index is 0.549. The number of rotatable bonds is 6. The van der Waals surface area contributed by atoms with Gasteiger partial charge in [-0.15, -0.1) is 0 Å². The van der Waals surface area contributed by atoms with Crippen molar-refractivity contribution in [1.82, 2.24) is 30.0 Å². The summed E-state index contributed by atoms with van der Waals surface area (Å²) in [6, 6.07) is 13.0. The number of likely N-dealkylation sites (N-methyl/N-ethyl adjacent to an activating group) is 1. The first-order valence-corrected chi connectivity index (χ1v) is 13.9. The van der Waals surface area contributed by atoms with Crippen LogP contribution in [0.25, 0.3) is 44.5 Å². The molecule has 3 N–H and O–H groups in total. The summed E-state index contributed by atoms with van der Waals surface area (Å²) < 4.78 is 0. The molecular weight excluding hydrogens is 484 g/mol. The molecule has 0 bridgehead atoms. The molecule has 39 heavy (non-hydrogen) atoms. The number of nitrogens with one attached hydrogen (secondary N) is 3. The van der Waals surface area contributed by atoms with Gasteiger partial charge in [0.05, 0.1) is 23.3 Å². The van der Waals surface area contributed by atoms with Gasteiger partial charge < -0.3 is 20.1 Å². The minimum atomic E-state index is 0.549. The molecule has 7 rings (SSSR count). The quantitative estimate of drug-likeness (QED) is 0.254. The number of H-pyrrole nitrogens is 2. The largest absolute Gasteiger partial charge is 0.368 e.